The third kappa shape index (κ3) is 5.60. The predicted octanol–water partition coefficient (Wildman–Crippen LogP) is 0.298. The highest BCUT2D eigenvalue weighted by atomic mass is 35.5. The molecular weight excluding hydrogens is 478 g/mol. The molecule has 1 atom stereocenters. The molecule has 0 saturated carbocycles. The van der Waals surface area contributed by atoms with Gasteiger partial charge in [0.25, 0.3) is 5.91 Å². The summed E-state index contributed by atoms with van der Waals surface area (Å²) in [6.45, 7) is 2.74. The molecule has 0 radical (unpaired) electrons. The summed E-state index contributed by atoms with van der Waals surface area (Å²) in [4.78, 5) is 55.9. The molecule has 4 amide bonds. The summed E-state index contributed by atoms with van der Waals surface area (Å²) >= 11 is 5.86. The smallest absolute Gasteiger partial charge is 0.319 e. The topological polar surface area (TPSA) is 118 Å². The van der Waals surface area contributed by atoms with Crippen molar-refractivity contribution in [3.63, 3.8) is 0 Å². The van der Waals surface area contributed by atoms with Crippen LogP contribution in [0.2, 0.25) is 5.02 Å². The lowest BCUT2D eigenvalue weighted by Gasteiger charge is -2.40. The van der Waals surface area contributed by atoms with Crippen molar-refractivity contribution < 1.29 is 23.9 Å². The SMILES string of the molecule is COC(=O)CC(NC(=O)Nc1ccc(Cl)cc1)C(=O)N1CCN(N2CN3CN(C)C=C3C2=O)CC1. The van der Waals surface area contributed by atoms with Crippen LogP contribution in [-0.4, -0.2) is 108 Å². The Bertz CT molecular complexity index is 1030. The molecule has 188 valence electrons. The van der Waals surface area contributed by atoms with Gasteiger partial charge in [0.05, 0.1) is 20.2 Å². The van der Waals surface area contributed by atoms with Crippen molar-refractivity contribution in [1.82, 2.24) is 30.0 Å². The van der Waals surface area contributed by atoms with Crippen LogP contribution in [0.5, 0.6) is 0 Å². The fourth-order valence-corrected chi connectivity index (χ4v) is 4.38. The number of hydrazine groups is 1. The molecule has 0 aliphatic carbocycles. The van der Waals surface area contributed by atoms with Crippen molar-refractivity contribution in [3.8, 4) is 0 Å². The minimum Gasteiger partial charge on any atom is -0.469 e. The molecule has 0 aromatic heterocycles. The number of fused-ring (bicyclic) bond motifs is 1. The maximum absolute atomic E-state index is 13.2. The fourth-order valence-electron chi connectivity index (χ4n) is 4.25. The number of hydrogen-bond donors (Lipinski definition) is 2. The van der Waals surface area contributed by atoms with Gasteiger partial charge in [-0.15, -0.1) is 0 Å². The molecule has 35 heavy (non-hydrogen) atoms. The molecule has 1 unspecified atom stereocenters. The number of urea groups is 1. The van der Waals surface area contributed by atoms with Crippen molar-refractivity contribution in [2.75, 3.05) is 59.0 Å². The number of ether oxygens (including phenoxy) is 1. The molecule has 0 spiro atoms. The van der Waals surface area contributed by atoms with Crippen LogP contribution in [0.25, 0.3) is 0 Å². The standard InChI is InChI=1S/C22H28ClN7O5/c1-26-12-18-21(33)30(14-28(18)13-26)29-9-7-27(8-10-29)20(32)17(11-19(31)35-2)25-22(34)24-16-5-3-15(23)4-6-16/h3-6,12,17H,7-11,13-14H2,1-2H3,(H2,24,25,34). The monoisotopic (exact) mass is 505 g/mol. The Morgan fingerprint density at radius 1 is 1.09 bits per heavy atom. The van der Waals surface area contributed by atoms with Gasteiger partial charge in [0.15, 0.2) is 0 Å². The van der Waals surface area contributed by atoms with Crippen LogP contribution in [0.3, 0.4) is 0 Å². The van der Waals surface area contributed by atoms with Crippen LogP contribution in [0.1, 0.15) is 6.42 Å². The van der Waals surface area contributed by atoms with E-state index in [0.717, 1.165) is 0 Å². The first-order valence-corrected chi connectivity index (χ1v) is 11.6. The van der Waals surface area contributed by atoms with Gasteiger partial charge in [-0.2, -0.15) is 0 Å². The van der Waals surface area contributed by atoms with Crippen LogP contribution in [0.4, 0.5) is 10.5 Å². The summed E-state index contributed by atoms with van der Waals surface area (Å²) in [7, 11) is 3.14. The quantitative estimate of drug-likeness (QED) is 0.530. The predicted molar refractivity (Wildman–Crippen MR) is 126 cm³/mol. The van der Waals surface area contributed by atoms with Crippen LogP contribution in [0.15, 0.2) is 36.2 Å². The van der Waals surface area contributed by atoms with Gasteiger partial charge in [0, 0.05) is 50.1 Å². The lowest BCUT2D eigenvalue weighted by Crippen LogP contribution is -2.59. The number of carbonyl (C=O) groups excluding carboxylic acids is 4. The largest absolute Gasteiger partial charge is 0.469 e. The van der Waals surface area contributed by atoms with Crippen molar-refractivity contribution in [1.29, 1.82) is 0 Å². The zero-order valence-corrected chi connectivity index (χ0v) is 20.3. The van der Waals surface area contributed by atoms with Crippen LogP contribution in [0, 0.1) is 0 Å². The van der Waals surface area contributed by atoms with Gasteiger partial charge in [-0.05, 0) is 24.3 Å². The van der Waals surface area contributed by atoms with Gasteiger partial charge in [-0.3, -0.25) is 14.4 Å². The van der Waals surface area contributed by atoms with Crippen molar-refractivity contribution in [2.24, 2.45) is 0 Å². The lowest BCUT2D eigenvalue weighted by atomic mass is 10.1. The minimum absolute atomic E-state index is 0.0572. The average molecular weight is 506 g/mol. The molecule has 2 fully saturated rings. The summed E-state index contributed by atoms with van der Waals surface area (Å²) in [5.74, 6) is -1.06. The van der Waals surface area contributed by atoms with Gasteiger partial charge < -0.3 is 30.1 Å². The average Bonchev–Trinajstić information content (AvgIpc) is 3.36. The number of anilines is 1. The number of carbonyl (C=O) groups is 4. The van der Waals surface area contributed by atoms with Gasteiger partial charge in [-0.25, -0.2) is 14.8 Å². The third-order valence-corrected chi connectivity index (χ3v) is 6.30. The summed E-state index contributed by atoms with van der Waals surface area (Å²) in [6, 6.07) is 4.76. The van der Waals surface area contributed by atoms with Crippen molar-refractivity contribution in [3.05, 3.63) is 41.2 Å². The molecule has 13 heteroatoms. The van der Waals surface area contributed by atoms with E-state index < -0.39 is 18.0 Å². The number of esters is 1. The molecule has 3 heterocycles. The second kappa shape index (κ2) is 10.4. The summed E-state index contributed by atoms with van der Waals surface area (Å²) in [5, 5.41) is 9.35. The van der Waals surface area contributed by atoms with E-state index in [1.54, 1.807) is 34.2 Å². The van der Waals surface area contributed by atoms with Gasteiger partial charge in [-0.1, -0.05) is 11.6 Å². The molecule has 2 saturated heterocycles. The van der Waals surface area contributed by atoms with E-state index in [2.05, 4.69) is 10.6 Å². The highest BCUT2D eigenvalue weighted by Gasteiger charge is 2.41. The van der Waals surface area contributed by atoms with E-state index >= 15 is 0 Å². The Balaban J connectivity index is 1.34. The molecule has 2 N–H and O–H groups in total. The summed E-state index contributed by atoms with van der Waals surface area (Å²) < 4.78 is 4.71. The Hall–Kier alpha value is -3.51. The van der Waals surface area contributed by atoms with Gasteiger partial charge in [0.1, 0.15) is 18.4 Å². The van der Waals surface area contributed by atoms with E-state index in [4.69, 9.17) is 16.3 Å². The number of nitrogens with zero attached hydrogens (tertiary/aromatic N) is 5. The second-order valence-corrected chi connectivity index (χ2v) is 8.95. The molecular formula is C22H28ClN7O5. The lowest BCUT2D eigenvalue weighted by molar-refractivity contribution is -0.151. The fraction of sp³-hybridized carbons (Fsp3) is 0.455. The molecule has 1 aromatic carbocycles. The van der Waals surface area contributed by atoms with Crippen LogP contribution >= 0.6 is 11.6 Å². The van der Waals surface area contributed by atoms with Gasteiger partial charge >= 0.3 is 12.0 Å². The van der Waals surface area contributed by atoms with E-state index in [1.165, 1.54) is 7.11 Å². The highest BCUT2D eigenvalue weighted by Crippen LogP contribution is 2.26. The third-order valence-electron chi connectivity index (χ3n) is 6.05. The normalized spacial score (nSPS) is 18.8. The minimum atomic E-state index is -1.10. The Labute approximate surface area is 207 Å². The van der Waals surface area contributed by atoms with Crippen LogP contribution in [-0.2, 0) is 19.1 Å². The first kappa shape index (κ1) is 24.6. The maximum Gasteiger partial charge on any atom is 0.319 e. The Morgan fingerprint density at radius 3 is 2.40 bits per heavy atom. The molecule has 12 nitrogen and oxygen atoms in total. The van der Waals surface area contributed by atoms with E-state index in [9.17, 15) is 19.2 Å². The number of nitrogens with one attached hydrogen (secondary N) is 2. The molecule has 4 rings (SSSR count). The summed E-state index contributed by atoms with van der Waals surface area (Å²) in [5.41, 5.74) is 1.15. The van der Waals surface area contributed by atoms with Gasteiger partial charge in [0.2, 0.25) is 5.91 Å². The number of amides is 4. The highest BCUT2D eigenvalue weighted by molar-refractivity contribution is 6.30. The van der Waals surface area contributed by atoms with Crippen LogP contribution < -0.4 is 10.6 Å². The second-order valence-electron chi connectivity index (χ2n) is 8.52. The van der Waals surface area contributed by atoms with E-state index in [1.807, 2.05) is 28.1 Å². The number of benzene rings is 1. The molecule has 1 aromatic rings. The summed E-state index contributed by atoms with van der Waals surface area (Å²) in [6.07, 6.45) is 1.53. The maximum atomic E-state index is 13.2. The van der Waals surface area contributed by atoms with Crippen molar-refractivity contribution >= 4 is 41.1 Å². The first-order chi connectivity index (χ1) is 16.7. The number of piperazine rings is 1. The Morgan fingerprint density at radius 2 is 1.77 bits per heavy atom. The van der Waals surface area contributed by atoms with E-state index in [0.29, 0.717) is 55.9 Å². The molecule has 3 aliphatic rings. The Kier molecular flexibility index (Phi) is 7.31. The number of halogens is 1. The van der Waals surface area contributed by atoms with Crippen molar-refractivity contribution in [2.45, 2.75) is 12.5 Å². The zero-order chi connectivity index (χ0) is 25.1. The molecule has 3 aliphatic heterocycles. The van der Waals surface area contributed by atoms with E-state index in [-0.39, 0.29) is 18.2 Å². The molecule has 0 bridgehead atoms. The number of rotatable bonds is 6. The number of methoxy groups -OCH3 is 1. The number of hydrogen-bond acceptors (Lipinski definition) is 8. The first-order valence-electron chi connectivity index (χ1n) is 11.2. The zero-order valence-electron chi connectivity index (χ0n) is 19.6.